The number of pyridine rings is 1. The number of halogens is 4. The molecule has 3 N–H and O–H groups in total. The van der Waals surface area contributed by atoms with Gasteiger partial charge in [-0.15, -0.1) is 13.2 Å². The summed E-state index contributed by atoms with van der Waals surface area (Å²) in [5.74, 6) is -0.127. The van der Waals surface area contributed by atoms with Crippen LogP contribution in [-0.2, 0) is 0 Å². The summed E-state index contributed by atoms with van der Waals surface area (Å²) in [4.78, 5) is 25.7. The van der Waals surface area contributed by atoms with Gasteiger partial charge in [0.2, 0.25) is 5.95 Å². The van der Waals surface area contributed by atoms with Gasteiger partial charge in [0.1, 0.15) is 17.0 Å². The van der Waals surface area contributed by atoms with Crippen molar-refractivity contribution in [1.82, 2.24) is 15.0 Å². The van der Waals surface area contributed by atoms with Crippen LogP contribution >= 0.6 is 11.6 Å². The second-order valence-electron chi connectivity index (χ2n) is 6.98. The Morgan fingerprint density at radius 3 is 2.68 bits per heavy atom. The van der Waals surface area contributed by atoms with Crippen LogP contribution in [0.2, 0.25) is 5.02 Å². The third-order valence-corrected chi connectivity index (χ3v) is 5.09. The molecule has 8 nitrogen and oxygen atoms in total. The Labute approximate surface area is 178 Å². The maximum Gasteiger partial charge on any atom is 0.573 e. The van der Waals surface area contributed by atoms with E-state index in [1.807, 2.05) is 4.90 Å². The smallest absolute Gasteiger partial charge is 0.404 e. The fourth-order valence-electron chi connectivity index (χ4n) is 3.30. The van der Waals surface area contributed by atoms with Crippen molar-refractivity contribution in [2.75, 3.05) is 23.3 Å². The lowest BCUT2D eigenvalue weighted by molar-refractivity contribution is -0.274. The third kappa shape index (κ3) is 4.83. The van der Waals surface area contributed by atoms with Crippen LogP contribution in [0.4, 0.5) is 30.6 Å². The predicted octanol–water partition coefficient (Wildman–Crippen LogP) is 3.57. The Balaban J connectivity index is 1.74. The van der Waals surface area contributed by atoms with E-state index in [1.165, 1.54) is 18.3 Å². The highest BCUT2D eigenvalue weighted by molar-refractivity contribution is 6.32. The summed E-state index contributed by atoms with van der Waals surface area (Å²) in [6.45, 7) is 1.06. The van der Waals surface area contributed by atoms with Crippen molar-refractivity contribution < 1.29 is 23.0 Å². The van der Waals surface area contributed by atoms with Gasteiger partial charge in [-0.2, -0.15) is 4.98 Å². The monoisotopic (exact) mass is 455 g/mol. The largest absolute Gasteiger partial charge is 0.573 e. The zero-order valence-corrected chi connectivity index (χ0v) is 16.7. The summed E-state index contributed by atoms with van der Waals surface area (Å²) in [6, 6.07) is 5.35. The average Bonchev–Trinajstić information content (AvgIpc) is 2.70. The number of ether oxygens (including phenoxy) is 1. The van der Waals surface area contributed by atoms with E-state index in [9.17, 15) is 23.1 Å². The number of nitrogens with one attached hydrogen (secondary N) is 2. The number of benzene rings is 1. The fraction of sp³-hybridized carbons (Fsp3) is 0.316. The molecule has 12 heteroatoms. The Hall–Kier alpha value is -3.05. The summed E-state index contributed by atoms with van der Waals surface area (Å²) >= 11 is 5.80. The van der Waals surface area contributed by atoms with Crippen LogP contribution in [0.5, 0.6) is 5.75 Å². The van der Waals surface area contributed by atoms with Gasteiger partial charge in [-0.25, -0.2) is 4.98 Å². The first kappa shape index (κ1) is 21.2. The number of fused-ring (bicyclic) bond motifs is 1. The summed E-state index contributed by atoms with van der Waals surface area (Å²) in [7, 11) is 0. The molecule has 0 amide bonds. The third-order valence-electron chi connectivity index (χ3n) is 4.77. The lowest BCUT2D eigenvalue weighted by Gasteiger charge is -2.30. The lowest BCUT2D eigenvalue weighted by atomic mass is 10.1. The Morgan fingerprint density at radius 1 is 1.23 bits per heavy atom. The number of aliphatic hydroxyl groups excluding tert-OH is 1. The molecule has 0 spiro atoms. The maximum absolute atomic E-state index is 12.6. The molecule has 0 bridgehead atoms. The SMILES string of the molecule is O=c1[nH]ccc2nc(N3CCC(O)CC3)nc(Nc3ccc(Cl)c(OC(F)(F)F)c3)c12. The Morgan fingerprint density at radius 2 is 1.97 bits per heavy atom. The van der Waals surface area contributed by atoms with Crippen LogP contribution in [0.1, 0.15) is 12.8 Å². The summed E-state index contributed by atoms with van der Waals surface area (Å²) in [6.07, 6.45) is -2.75. The number of hydrogen-bond donors (Lipinski definition) is 3. The van der Waals surface area contributed by atoms with E-state index >= 15 is 0 Å². The zero-order valence-electron chi connectivity index (χ0n) is 15.9. The van der Waals surface area contributed by atoms with Gasteiger partial charge >= 0.3 is 6.36 Å². The minimum Gasteiger partial charge on any atom is -0.404 e. The van der Waals surface area contributed by atoms with Crippen LogP contribution in [0.3, 0.4) is 0 Å². The molecule has 31 heavy (non-hydrogen) atoms. The quantitative estimate of drug-likeness (QED) is 0.552. The van der Waals surface area contributed by atoms with Gasteiger partial charge in [-0.05, 0) is 31.0 Å². The first-order chi connectivity index (χ1) is 14.7. The average molecular weight is 456 g/mol. The molecule has 4 rings (SSSR count). The predicted molar refractivity (Wildman–Crippen MR) is 109 cm³/mol. The van der Waals surface area contributed by atoms with Crippen LogP contribution < -0.4 is 20.5 Å². The molecule has 0 unspecified atom stereocenters. The number of piperidine rings is 1. The van der Waals surface area contributed by atoms with Crippen molar-refractivity contribution in [3.05, 3.63) is 45.8 Å². The topological polar surface area (TPSA) is 103 Å². The molecule has 0 saturated carbocycles. The summed E-state index contributed by atoms with van der Waals surface area (Å²) in [5, 5.41) is 12.5. The molecule has 1 aromatic carbocycles. The van der Waals surface area contributed by atoms with Crippen molar-refractivity contribution in [3.8, 4) is 5.75 Å². The molecule has 2 aromatic heterocycles. The Bertz CT molecular complexity index is 1160. The number of anilines is 3. The number of H-pyrrole nitrogens is 1. The molecule has 3 heterocycles. The maximum atomic E-state index is 12.6. The van der Waals surface area contributed by atoms with E-state index < -0.39 is 23.8 Å². The number of aromatic amines is 1. The van der Waals surface area contributed by atoms with Gasteiger partial charge in [0.25, 0.3) is 5.56 Å². The van der Waals surface area contributed by atoms with Gasteiger partial charge in [-0.3, -0.25) is 4.79 Å². The summed E-state index contributed by atoms with van der Waals surface area (Å²) in [5.41, 5.74) is 0.0939. The second-order valence-corrected chi connectivity index (χ2v) is 7.38. The zero-order chi connectivity index (χ0) is 22.2. The van der Waals surface area contributed by atoms with Gasteiger partial charge < -0.3 is 25.0 Å². The fourth-order valence-corrected chi connectivity index (χ4v) is 3.45. The van der Waals surface area contributed by atoms with Crippen LogP contribution in [0, 0.1) is 0 Å². The van der Waals surface area contributed by atoms with E-state index in [0.29, 0.717) is 37.4 Å². The molecule has 0 atom stereocenters. The molecule has 1 aliphatic rings. The molecule has 3 aromatic rings. The van der Waals surface area contributed by atoms with Crippen molar-refractivity contribution >= 4 is 40.0 Å². The normalized spacial score (nSPS) is 15.3. The first-order valence-corrected chi connectivity index (χ1v) is 9.72. The van der Waals surface area contributed by atoms with Crippen LogP contribution in [-0.4, -0.2) is 45.6 Å². The molecule has 1 aliphatic heterocycles. The van der Waals surface area contributed by atoms with Crippen LogP contribution in [0.25, 0.3) is 10.9 Å². The van der Waals surface area contributed by atoms with Gasteiger partial charge in [-0.1, -0.05) is 11.6 Å². The van der Waals surface area contributed by atoms with Gasteiger partial charge in [0.05, 0.1) is 16.6 Å². The highest BCUT2D eigenvalue weighted by Gasteiger charge is 2.32. The number of aromatic nitrogens is 3. The molecule has 0 aliphatic carbocycles. The number of hydrogen-bond acceptors (Lipinski definition) is 7. The highest BCUT2D eigenvalue weighted by Crippen LogP contribution is 2.34. The number of nitrogens with zero attached hydrogens (tertiary/aromatic N) is 3. The Kier molecular flexibility index (Phi) is 5.63. The molecule has 164 valence electrons. The molecular formula is C19H17ClF3N5O3. The van der Waals surface area contributed by atoms with Crippen molar-refractivity contribution in [3.63, 3.8) is 0 Å². The van der Waals surface area contributed by atoms with E-state index in [1.54, 1.807) is 6.07 Å². The number of alkyl halides is 3. The first-order valence-electron chi connectivity index (χ1n) is 9.34. The van der Waals surface area contributed by atoms with Gasteiger partial charge in [0, 0.05) is 31.0 Å². The van der Waals surface area contributed by atoms with E-state index in [2.05, 4.69) is 25.0 Å². The summed E-state index contributed by atoms with van der Waals surface area (Å²) < 4.78 is 41.9. The van der Waals surface area contributed by atoms with Crippen molar-refractivity contribution in [2.45, 2.75) is 25.3 Å². The molecule has 0 radical (unpaired) electrons. The minimum atomic E-state index is -4.91. The van der Waals surface area contributed by atoms with Gasteiger partial charge in [0.15, 0.2) is 0 Å². The van der Waals surface area contributed by atoms with Crippen LogP contribution in [0.15, 0.2) is 35.3 Å². The molecular weight excluding hydrogens is 439 g/mol. The van der Waals surface area contributed by atoms with E-state index in [0.717, 1.165) is 6.07 Å². The number of aliphatic hydroxyl groups is 1. The minimum absolute atomic E-state index is 0.119. The van der Waals surface area contributed by atoms with Crippen molar-refractivity contribution in [1.29, 1.82) is 0 Å². The number of rotatable bonds is 4. The van der Waals surface area contributed by atoms with Crippen molar-refractivity contribution in [2.24, 2.45) is 0 Å². The molecule has 1 fully saturated rings. The lowest BCUT2D eigenvalue weighted by Crippen LogP contribution is -2.37. The standard InChI is InChI=1S/C19H17ClF3N5O3/c20-12-2-1-10(9-14(12)31-19(21,22)23)25-16-15-13(3-6-24-17(15)30)26-18(27-16)28-7-4-11(29)5-8-28/h1-3,6,9,11,29H,4-5,7-8H2,(H,24,30)(H,25,26,27). The second kappa shape index (κ2) is 8.23. The molecule has 1 saturated heterocycles. The highest BCUT2D eigenvalue weighted by atomic mass is 35.5. The van der Waals surface area contributed by atoms with E-state index in [4.69, 9.17) is 11.6 Å². The van der Waals surface area contributed by atoms with E-state index in [-0.39, 0.29) is 21.9 Å².